The summed E-state index contributed by atoms with van der Waals surface area (Å²) in [6, 6.07) is 4.30. The molecule has 0 aromatic carbocycles. The molecule has 3 heterocycles. The highest BCUT2D eigenvalue weighted by molar-refractivity contribution is 9.11. The Morgan fingerprint density at radius 2 is 2.35 bits per heavy atom. The molecule has 2 nitrogen and oxygen atoms in total. The van der Waals surface area contributed by atoms with E-state index >= 15 is 0 Å². The summed E-state index contributed by atoms with van der Waals surface area (Å²) >= 11 is 9.61. The Morgan fingerprint density at radius 1 is 1.47 bits per heavy atom. The van der Waals surface area contributed by atoms with Crippen molar-refractivity contribution in [1.29, 1.82) is 0 Å². The second kappa shape index (κ2) is 4.55. The summed E-state index contributed by atoms with van der Waals surface area (Å²) in [6.07, 6.45) is 8.63. The van der Waals surface area contributed by atoms with Gasteiger partial charge in [0.15, 0.2) is 0 Å². The van der Waals surface area contributed by atoms with Crippen molar-refractivity contribution < 1.29 is 0 Å². The first-order valence-electron chi connectivity index (χ1n) is 5.28. The van der Waals surface area contributed by atoms with Crippen molar-refractivity contribution in [1.82, 2.24) is 10.2 Å². The van der Waals surface area contributed by atoms with Crippen LogP contribution in [0.3, 0.4) is 0 Å². The van der Waals surface area contributed by atoms with Crippen molar-refractivity contribution in [2.75, 3.05) is 0 Å². The third-order valence-electron chi connectivity index (χ3n) is 2.74. The number of hydrogen-bond donors (Lipinski definition) is 2. The van der Waals surface area contributed by atoms with Crippen LogP contribution in [0.5, 0.6) is 0 Å². The molecule has 0 fully saturated rings. The molecule has 0 radical (unpaired) electrons. The zero-order valence-corrected chi connectivity index (χ0v) is 12.2. The van der Waals surface area contributed by atoms with E-state index < -0.39 is 0 Å². The van der Waals surface area contributed by atoms with E-state index in [2.05, 4.69) is 75.5 Å². The van der Waals surface area contributed by atoms with Gasteiger partial charge in [-0.15, -0.1) is 11.3 Å². The number of thiol groups is 1. The molecule has 0 saturated carbocycles. The van der Waals surface area contributed by atoms with E-state index in [1.165, 1.54) is 15.5 Å². The molecule has 0 spiro atoms. The monoisotopic (exact) mass is 326 g/mol. The minimum absolute atomic E-state index is 0.243. The Kier molecular flexibility index (Phi) is 3.06. The highest BCUT2D eigenvalue weighted by atomic mass is 79.9. The number of allylic oxidation sites excluding steroid dienone is 2. The minimum Gasteiger partial charge on any atom is -0.366 e. The van der Waals surface area contributed by atoms with Gasteiger partial charge in [-0.1, -0.05) is 0 Å². The third-order valence-corrected chi connectivity index (χ3v) is 4.87. The van der Waals surface area contributed by atoms with E-state index in [1.807, 2.05) is 0 Å². The molecule has 0 bridgehead atoms. The second-order valence-corrected chi connectivity index (χ2v) is 6.25. The lowest BCUT2D eigenvalue weighted by Crippen LogP contribution is -2.32. The van der Waals surface area contributed by atoms with Crippen molar-refractivity contribution in [3.63, 3.8) is 0 Å². The predicted molar refractivity (Wildman–Crippen MR) is 79.9 cm³/mol. The Bertz CT molecular complexity index is 530. The van der Waals surface area contributed by atoms with Crippen LogP contribution in [0, 0.1) is 0 Å². The summed E-state index contributed by atoms with van der Waals surface area (Å²) in [5.41, 5.74) is 1.22. The van der Waals surface area contributed by atoms with E-state index in [-0.39, 0.29) is 6.17 Å². The molecule has 1 atom stereocenters. The van der Waals surface area contributed by atoms with Crippen molar-refractivity contribution in [3.05, 3.63) is 50.9 Å². The number of halogens is 1. The maximum atomic E-state index is 4.30. The van der Waals surface area contributed by atoms with Crippen molar-refractivity contribution in [2.45, 2.75) is 11.9 Å². The van der Waals surface area contributed by atoms with Crippen LogP contribution in [0.1, 0.15) is 9.75 Å². The van der Waals surface area contributed by atoms with Crippen LogP contribution in [-0.2, 0) is 5.75 Å². The fraction of sp³-hybridized carbons (Fsp3) is 0.167. The van der Waals surface area contributed by atoms with E-state index in [0.717, 1.165) is 10.2 Å². The Morgan fingerprint density at radius 3 is 3.12 bits per heavy atom. The first-order chi connectivity index (χ1) is 8.28. The van der Waals surface area contributed by atoms with Crippen LogP contribution in [0.25, 0.3) is 5.70 Å². The lowest BCUT2D eigenvalue weighted by atomic mass is 10.2. The highest BCUT2D eigenvalue weighted by Gasteiger charge is 2.26. The summed E-state index contributed by atoms with van der Waals surface area (Å²) in [7, 11) is 0. The van der Waals surface area contributed by atoms with Crippen molar-refractivity contribution >= 4 is 45.6 Å². The van der Waals surface area contributed by atoms with Gasteiger partial charge in [-0.3, -0.25) is 0 Å². The van der Waals surface area contributed by atoms with Gasteiger partial charge >= 0.3 is 0 Å². The molecule has 5 heteroatoms. The molecule has 0 aliphatic carbocycles. The molecule has 0 amide bonds. The molecular weight excluding hydrogens is 316 g/mol. The summed E-state index contributed by atoms with van der Waals surface area (Å²) in [6.45, 7) is 0. The Hall–Kier alpha value is -0.650. The van der Waals surface area contributed by atoms with Crippen LogP contribution in [-0.4, -0.2) is 11.1 Å². The predicted octanol–water partition coefficient (Wildman–Crippen LogP) is 3.51. The maximum absolute atomic E-state index is 4.30. The van der Waals surface area contributed by atoms with Crippen molar-refractivity contribution in [2.24, 2.45) is 0 Å². The molecule has 1 N–H and O–H groups in total. The summed E-state index contributed by atoms with van der Waals surface area (Å²) in [4.78, 5) is 4.80. The summed E-state index contributed by atoms with van der Waals surface area (Å²) in [5, 5.41) is 3.35. The smallest absolute Gasteiger partial charge is 0.122 e. The molecule has 0 saturated heterocycles. The van der Waals surface area contributed by atoms with Gasteiger partial charge in [-0.05, 0) is 40.2 Å². The highest BCUT2D eigenvalue weighted by Crippen LogP contribution is 2.34. The van der Waals surface area contributed by atoms with Crippen molar-refractivity contribution in [3.8, 4) is 0 Å². The Labute approximate surface area is 118 Å². The maximum Gasteiger partial charge on any atom is 0.122 e. The molecule has 2 aliphatic heterocycles. The zero-order valence-electron chi connectivity index (χ0n) is 8.93. The summed E-state index contributed by atoms with van der Waals surface area (Å²) < 4.78 is 1.09. The van der Waals surface area contributed by atoms with Crippen LogP contribution >= 0.6 is 39.9 Å². The van der Waals surface area contributed by atoms with Gasteiger partial charge in [-0.2, -0.15) is 12.6 Å². The normalized spacial score (nSPS) is 22.0. The lowest BCUT2D eigenvalue weighted by Gasteiger charge is -2.25. The molecular formula is C12H11BrN2S2. The average molecular weight is 327 g/mol. The number of thiophene rings is 1. The molecule has 1 aromatic heterocycles. The van der Waals surface area contributed by atoms with Crippen LogP contribution < -0.4 is 5.32 Å². The molecule has 1 unspecified atom stereocenters. The van der Waals surface area contributed by atoms with E-state index in [1.54, 1.807) is 11.3 Å². The van der Waals surface area contributed by atoms with Crippen LogP contribution in [0.2, 0.25) is 0 Å². The van der Waals surface area contributed by atoms with Crippen LogP contribution in [0.4, 0.5) is 0 Å². The summed E-state index contributed by atoms with van der Waals surface area (Å²) in [5.74, 6) is 0.800. The van der Waals surface area contributed by atoms with Gasteiger partial charge in [0.05, 0.1) is 10.6 Å². The fourth-order valence-corrected chi connectivity index (χ4v) is 3.49. The van der Waals surface area contributed by atoms with Gasteiger partial charge in [0.2, 0.25) is 0 Å². The van der Waals surface area contributed by atoms with Gasteiger partial charge in [0.1, 0.15) is 6.17 Å². The van der Waals surface area contributed by atoms with Gasteiger partial charge in [0, 0.05) is 27.5 Å². The van der Waals surface area contributed by atoms with Gasteiger partial charge < -0.3 is 10.2 Å². The minimum atomic E-state index is 0.243. The van der Waals surface area contributed by atoms with E-state index in [0.29, 0.717) is 0 Å². The lowest BCUT2D eigenvalue weighted by molar-refractivity contribution is 0.441. The number of nitrogens with one attached hydrogen (secondary N) is 1. The quantitative estimate of drug-likeness (QED) is 0.808. The topological polar surface area (TPSA) is 15.3 Å². The number of rotatable bonds is 2. The van der Waals surface area contributed by atoms with Crippen LogP contribution in [0.15, 0.2) is 41.2 Å². The second-order valence-electron chi connectivity index (χ2n) is 3.85. The van der Waals surface area contributed by atoms with E-state index in [9.17, 15) is 0 Å². The SMILES string of the molecule is SCc1ccc(C2=CNC3C=CC(Br)=CN23)s1. The largest absolute Gasteiger partial charge is 0.366 e. The average Bonchev–Trinajstić information content (AvgIpc) is 2.93. The first-order valence-corrected chi connectivity index (χ1v) is 7.52. The zero-order chi connectivity index (χ0) is 11.8. The molecule has 88 valence electrons. The first kappa shape index (κ1) is 11.4. The molecule has 3 rings (SSSR count). The van der Waals surface area contributed by atoms with Gasteiger partial charge in [0.25, 0.3) is 0 Å². The standard InChI is InChI=1S/C12H11BrN2S2/c13-8-1-4-12-14-5-10(15(12)6-8)11-3-2-9(7-16)17-11/h1-6,12,14,16H,7H2. The molecule has 17 heavy (non-hydrogen) atoms. The number of hydrogen-bond acceptors (Lipinski definition) is 4. The third kappa shape index (κ3) is 2.07. The van der Waals surface area contributed by atoms with E-state index in [4.69, 9.17) is 0 Å². The Balaban J connectivity index is 1.92. The fourth-order valence-electron chi connectivity index (χ4n) is 1.93. The molecule has 2 aliphatic rings. The molecule has 1 aromatic rings. The number of nitrogens with zero attached hydrogens (tertiary/aromatic N) is 1. The number of fused-ring (bicyclic) bond motifs is 1. The van der Waals surface area contributed by atoms with Gasteiger partial charge in [-0.25, -0.2) is 0 Å².